The predicted octanol–water partition coefficient (Wildman–Crippen LogP) is 3.03. The van der Waals surface area contributed by atoms with Crippen molar-refractivity contribution in [1.29, 1.82) is 0 Å². The quantitative estimate of drug-likeness (QED) is 0.530. The highest BCUT2D eigenvalue weighted by Gasteiger charge is 2.18. The Labute approximate surface area is 146 Å². The van der Waals surface area contributed by atoms with Crippen LogP contribution in [0.3, 0.4) is 0 Å². The molecule has 0 bridgehead atoms. The zero-order valence-corrected chi connectivity index (χ0v) is 13.7. The highest BCUT2D eigenvalue weighted by Crippen LogP contribution is 2.36. The van der Waals surface area contributed by atoms with Gasteiger partial charge in [0.25, 0.3) is 5.56 Å². The van der Waals surface area contributed by atoms with Gasteiger partial charge in [-0.05, 0) is 47.5 Å². The number of aromatic amines is 3. The van der Waals surface area contributed by atoms with E-state index in [9.17, 15) is 14.0 Å². The SMILES string of the molecule is COc1ccc(-c2c(-c3ccc(F)cc3)[nH]c3[nH]c(=O)[nH]c(=O)c23)cc1. The summed E-state index contributed by atoms with van der Waals surface area (Å²) in [5.74, 6) is 0.321. The number of halogens is 1. The fourth-order valence-electron chi connectivity index (χ4n) is 3.01. The third-order valence-electron chi connectivity index (χ3n) is 4.20. The first kappa shape index (κ1) is 15.9. The van der Waals surface area contributed by atoms with Gasteiger partial charge in [0.1, 0.15) is 17.2 Å². The molecule has 7 heteroatoms. The summed E-state index contributed by atoms with van der Waals surface area (Å²) in [6, 6.07) is 13.1. The second kappa shape index (κ2) is 6.03. The maximum Gasteiger partial charge on any atom is 0.327 e. The Bertz CT molecular complexity index is 1200. The average Bonchev–Trinajstić information content (AvgIpc) is 3.02. The molecule has 4 aromatic rings. The summed E-state index contributed by atoms with van der Waals surface area (Å²) in [5, 5.41) is 0.328. The minimum absolute atomic E-state index is 0.309. The van der Waals surface area contributed by atoms with E-state index in [0.29, 0.717) is 33.6 Å². The van der Waals surface area contributed by atoms with Crippen LogP contribution >= 0.6 is 0 Å². The molecular weight excluding hydrogens is 337 g/mol. The summed E-state index contributed by atoms with van der Waals surface area (Å²) in [5.41, 5.74) is 1.88. The Kier molecular flexibility index (Phi) is 3.69. The number of benzene rings is 2. The minimum atomic E-state index is -0.601. The lowest BCUT2D eigenvalue weighted by atomic mass is 9.99. The number of aromatic nitrogens is 3. The van der Waals surface area contributed by atoms with Gasteiger partial charge < -0.3 is 9.72 Å². The van der Waals surface area contributed by atoms with Crippen LogP contribution in [0, 0.1) is 5.82 Å². The summed E-state index contributed by atoms with van der Waals surface area (Å²) in [7, 11) is 1.57. The molecule has 0 saturated carbocycles. The van der Waals surface area contributed by atoms with Gasteiger partial charge in [-0.2, -0.15) is 0 Å². The van der Waals surface area contributed by atoms with Gasteiger partial charge in [-0.25, -0.2) is 9.18 Å². The fraction of sp³-hybridized carbons (Fsp3) is 0.0526. The van der Waals surface area contributed by atoms with Crippen molar-refractivity contribution >= 4 is 11.0 Å². The van der Waals surface area contributed by atoms with E-state index >= 15 is 0 Å². The van der Waals surface area contributed by atoms with Crippen molar-refractivity contribution in [3.63, 3.8) is 0 Å². The number of hydrogen-bond acceptors (Lipinski definition) is 3. The van der Waals surface area contributed by atoms with E-state index in [1.54, 1.807) is 31.4 Å². The van der Waals surface area contributed by atoms with E-state index < -0.39 is 11.2 Å². The standard InChI is InChI=1S/C19H14FN3O3/c1-26-13-8-4-10(5-9-13)14-15-17(22-19(25)23-18(15)24)21-16(14)11-2-6-12(20)7-3-11/h2-9H,1H3,(H3,21,22,23,24,25). The molecule has 0 aliphatic heterocycles. The summed E-state index contributed by atoms with van der Waals surface area (Å²) >= 11 is 0. The third kappa shape index (κ3) is 2.59. The first-order valence-electron chi connectivity index (χ1n) is 7.85. The van der Waals surface area contributed by atoms with Gasteiger partial charge in [0, 0.05) is 5.56 Å². The molecule has 26 heavy (non-hydrogen) atoms. The van der Waals surface area contributed by atoms with Crippen LogP contribution < -0.4 is 16.0 Å². The van der Waals surface area contributed by atoms with Crippen LogP contribution in [0.4, 0.5) is 4.39 Å². The molecule has 130 valence electrons. The molecule has 0 aliphatic carbocycles. The number of H-pyrrole nitrogens is 3. The number of nitrogens with one attached hydrogen (secondary N) is 3. The van der Waals surface area contributed by atoms with Gasteiger partial charge in [0.05, 0.1) is 18.2 Å². The molecule has 0 amide bonds. The third-order valence-corrected chi connectivity index (χ3v) is 4.20. The molecule has 0 fully saturated rings. The molecule has 0 atom stereocenters. The lowest BCUT2D eigenvalue weighted by Gasteiger charge is -2.06. The predicted molar refractivity (Wildman–Crippen MR) is 96.9 cm³/mol. The lowest BCUT2D eigenvalue weighted by Crippen LogP contribution is -2.21. The van der Waals surface area contributed by atoms with Crippen LogP contribution in [0.5, 0.6) is 5.75 Å². The maximum atomic E-state index is 13.3. The number of rotatable bonds is 3. The van der Waals surface area contributed by atoms with Crippen LogP contribution in [0.2, 0.25) is 0 Å². The second-order valence-corrected chi connectivity index (χ2v) is 5.77. The molecule has 2 aromatic carbocycles. The van der Waals surface area contributed by atoms with Crippen LogP contribution in [0.1, 0.15) is 0 Å². The summed E-state index contributed by atoms with van der Waals surface area (Å²) in [4.78, 5) is 32.0. The number of ether oxygens (including phenoxy) is 1. The largest absolute Gasteiger partial charge is 0.497 e. The molecule has 2 heterocycles. The van der Waals surface area contributed by atoms with Gasteiger partial charge in [-0.15, -0.1) is 0 Å². The van der Waals surface area contributed by atoms with E-state index in [4.69, 9.17) is 4.74 Å². The molecule has 0 radical (unpaired) electrons. The van der Waals surface area contributed by atoms with Crippen LogP contribution in [-0.4, -0.2) is 22.1 Å². The normalized spacial score (nSPS) is 11.0. The summed E-state index contributed by atoms with van der Waals surface area (Å²) in [6.45, 7) is 0. The number of fused-ring (bicyclic) bond motifs is 1. The topological polar surface area (TPSA) is 90.7 Å². The first-order chi connectivity index (χ1) is 12.6. The molecule has 6 nitrogen and oxygen atoms in total. The van der Waals surface area contributed by atoms with E-state index in [2.05, 4.69) is 15.0 Å². The van der Waals surface area contributed by atoms with Gasteiger partial charge in [0.2, 0.25) is 0 Å². The second-order valence-electron chi connectivity index (χ2n) is 5.77. The Hall–Kier alpha value is -3.61. The van der Waals surface area contributed by atoms with E-state index in [0.717, 1.165) is 5.56 Å². The smallest absolute Gasteiger partial charge is 0.327 e. The zero-order valence-electron chi connectivity index (χ0n) is 13.7. The van der Waals surface area contributed by atoms with Crippen molar-refractivity contribution in [3.8, 4) is 28.1 Å². The highest BCUT2D eigenvalue weighted by atomic mass is 19.1. The van der Waals surface area contributed by atoms with Crippen LogP contribution in [-0.2, 0) is 0 Å². The molecule has 3 N–H and O–H groups in total. The molecule has 0 saturated heterocycles. The Balaban J connectivity index is 2.07. The Morgan fingerprint density at radius 3 is 2.15 bits per heavy atom. The Morgan fingerprint density at radius 2 is 1.50 bits per heavy atom. The first-order valence-corrected chi connectivity index (χ1v) is 7.85. The van der Waals surface area contributed by atoms with Gasteiger partial charge in [0.15, 0.2) is 0 Å². The van der Waals surface area contributed by atoms with Crippen LogP contribution in [0.15, 0.2) is 58.1 Å². The zero-order chi connectivity index (χ0) is 18.3. The average molecular weight is 351 g/mol. The fourth-order valence-corrected chi connectivity index (χ4v) is 3.01. The van der Waals surface area contributed by atoms with Crippen molar-refractivity contribution in [2.45, 2.75) is 0 Å². The van der Waals surface area contributed by atoms with Crippen molar-refractivity contribution in [2.24, 2.45) is 0 Å². The molecular formula is C19H14FN3O3. The van der Waals surface area contributed by atoms with Gasteiger partial charge in [-0.1, -0.05) is 12.1 Å². The molecule has 0 spiro atoms. The van der Waals surface area contributed by atoms with Crippen molar-refractivity contribution in [2.75, 3.05) is 7.11 Å². The monoisotopic (exact) mass is 351 g/mol. The van der Waals surface area contributed by atoms with Crippen LogP contribution in [0.25, 0.3) is 33.4 Å². The molecule has 0 unspecified atom stereocenters. The van der Waals surface area contributed by atoms with E-state index in [-0.39, 0.29) is 5.82 Å². The number of methoxy groups -OCH3 is 1. The summed E-state index contributed by atoms with van der Waals surface area (Å²) in [6.07, 6.45) is 0. The van der Waals surface area contributed by atoms with E-state index in [1.165, 1.54) is 12.1 Å². The lowest BCUT2D eigenvalue weighted by molar-refractivity contribution is 0.415. The van der Waals surface area contributed by atoms with Crippen molar-refractivity contribution in [1.82, 2.24) is 15.0 Å². The van der Waals surface area contributed by atoms with Gasteiger partial charge >= 0.3 is 5.69 Å². The van der Waals surface area contributed by atoms with E-state index in [1.807, 2.05) is 12.1 Å². The maximum absolute atomic E-state index is 13.3. The molecule has 4 rings (SSSR count). The van der Waals surface area contributed by atoms with Crippen molar-refractivity contribution in [3.05, 3.63) is 75.2 Å². The summed E-state index contributed by atoms with van der Waals surface area (Å²) < 4.78 is 18.5. The van der Waals surface area contributed by atoms with Crippen molar-refractivity contribution < 1.29 is 9.13 Å². The minimum Gasteiger partial charge on any atom is -0.497 e. The Morgan fingerprint density at radius 1 is 0.846 bits per heavy atom. The molecule has 2 aromatic heterocycles. The van der Waals surface area contributed by atoms with Gasteiger partial charge in [-0.3, -0.25) is 14.8 Å². The number of hydrogen-bond donors (Lipinski definition) is 3. The highest BCUT2D eigenvalue weighted by molar-refractivity contribution is 6.01. The molecule has 0 aliphatic rings.